The zero-order valence-corrected chi connectivity index (χ0v) is 11.5. The fourth-order valence-corrected chi connectivity index (χ4v) is 2.86. The normalized spacial score (nSPS) is 17.9. The fourth-order valence-electron chi connectivity index (χ4n) is 2.16. The first-order valence-corrected chi connectivity index (χ1v) is 7.29. The van der Waals surface area contributed by atoms with E-state index in [9.17, 15) is 4.79 Å². The fraction of sp³-hybridized carbons (Fsp3) is 0.667. The van der Waals surface area contributed by atoms with Crippen molar-refractivity contribution in [3.63, 3.8) is 0 Å². The molecule has 0 radical (unpaired) electrons. The summed E-state index contributed by atoms with van der Waals surface area (Å²) in [6, 6.07) is -0.332. The number of nitrogens with zero attached hydrogens (tertiary/aromatic N) is 3. The van der Waals surface area contributed by atoms with E-state index in [0.29, 0.717) is 0 Å². The summed E-state index contributed by atoms with van der Waals surface area (Å²) in [6.07, 6.45) is 3.53. The maximum Gasteiger partial charge on any atom is 0.239 e. The van der Waals surface area contributed by atoms with E-state index in [1.54, 1.807) is 11.3 Å². The largest absolute Gasteiger partial charge is 0.345 e. The summed E-state index contributed by atoms with van der Waals surface area (Å²) in [7, 11) is 0. The monoisotopic (exact) mass is 268 g/mol. The number of aromatic nitrogens is 1. The van der Waals surface area contributed by atoms with Gasteiger partial charge in [-0.2, -0.15) is 0 Å². The minimum Gasteiger partial charge on any atom is -0.345 e. The summed E-state index contributed by atoms with van der Waals surface area (Å²) in [6.45, 7) is 5.23. The maximum absolute atomic E-state index is 12.1. The Labute approximate surface area is 112 Å². The van der Waals surface area contributed by atoms with Gasteiger partial charge in [0, 0.05) is 37.8 Å². The Morgan fingerprint density at radius 2 is 2.22 bits per heavy atom. The highest BCUT2D eigenvalue weighted by atomic mass is 32.1. The summed E-state index contributed by atoms with van der Waals surface area (Å²) < 4.78 is 0. The van der Waals surface area contributed by atoms with E-state index in [1.807, 2.05) is 23.4 Å². The molecule has 5 nitrogen and oxygen atoms in total. The van der Waals surface area contributed by atoms with Gasteiger partial charge in [0.25, 0.3) is 0 Å². The second-order valence-electron chi connectivity index (χ2n) is 4.52. The number of hydrogen-bond donors (Lipinski definition) is 1. The average molecular weight is 268 g/mol. The Balaban J connectivity index is 1.85. The number of carbonyl (C=O) groups excluding carboxylic acids is 1. The first kappa shape index (κ1) is 13.3. The van der Waals surface area contributed by atoms with Gasteiger partial charge in [-0.1, -0.05) is 13.3 Å². The molecule has 1 aliphatic heterocycles. The van der Waals surface area contributed by atoms with E-state index in [0.717, 1.165) is 44.2 Å². The van der Waals surface area contributed by atoms with Gasteiger partial charge in [0.1, 0.15) is 0 Å². The molecular formula is C12H20N4OS. The van der Waals surface area contributed by atoms with Gasteiger partial charge in [0.15, 0.2) is 5.13 Å². The quantitative estimate of drug-likeness (QED) is 0.882. The number of rotatable bonds is 4. The molecular weight excluding hydrogens is 248 g/mol. The van der Waals surface area contributed by atoms with Crippen LogP contribution in [0.2, 0.25) is 0 Å². The highest BCUT2D eigenvalue weighted by Gasteiger charge is 2.25. The van der Waals surface area contributed by atoms with Crippen LogP contribution in [0.3, 0.4) is 0 Å². The molecule has 1 saturated heterocycles. The van der Waals surface area contributed by atoms with Crippen molar-refractivity contribution in [1.29, 1.82) is 0 Å². The topological polar surface area (TPSA) is 62.5 Å². The van der Waals surface area contributed by atoms with Crippen molar-refractivity contribution >= 4 is 22.4 Å². The standard InChI is InChI=1S/C12H20N4OS/c1-2-3-10(13)11(17)15-5-7-16(8-6-15)12-14-4-9-18-12/h4,9-10H,2-3,5-8,13H2,1H3. The van der Waals surface area contributed by atoms with Crippen LogP contribution in [-0.2, 0) is 4.79 Å². The minimum absolute atomic E-state index is 0.0932. The second-order valence-corrected chi connectivity index (χ2v) is 5.40. The molecule has 2 rings (SSSR count). The van der Waals surface area contributed by atoms with Crippen LogP contribution in [0.1, 0.15) is 19.8 Å². The van der Waals surface area contributed by atoms with Crippen molar-refractivity contribution in [2.45, 2.75) is 25.8 Å². The lowest BCUT2D eigenvalue weighted by molar-refractivity contribution is -0.133. The Morgan fingerprint density at radius 3 is 2.78 bits per heavy atom. The Morgan fingerprint density at radius 1 is 1.50 bits per heavy atom. The molecule has 1 atom stereocenters. The Bertz CT molecular complexity index is 373. The second kappa shape index (κ2) is 6.15. The van der Waals surface area contributed by atoms with Crippen LogP contribution in [0.25, 0.3) is 0 Å². The van der Waals surface area contributed by atoms with E-state index < -0.39 is 0 Å². The molecule has 0 bridgehead atoms. The molecule has 0 spiro atoms. The number of amides is 1. The molecule has 2 N–H and O–H groups in total. The van der Waals surface area contributed by atoms with Crippen LogP contribution in [0.15, 0.2) is 11.6 Å². The van der Waals surface area contributed by atoms with Crippen molar-refractivity contribution in [2.24, 2.45) is 5.73 Å². The van der Waals surface area contributed by atoms with Gasteiger partial charge in [0.05, 0.1) is 6.04 Å². The average Bonchev–Trinajstić information content (AvgIpc) is 2.92. The predicted molar refractivity (Wildman–Crippen MR) is 73.8 cm³/mol. The van der Waals surface area contributed by atoms with Crippen molar-refractivity contribution in [3.8, 4) is 0 Å². The summed E-state index contributed by atoms with van der Waals surface area (Å²) in [5.41, 5.74) is 5.87. The summed E-state index contributed by atoms with van der Waals surface area (Å²) >= 11 is 1.64. The van der Waals surface area contributed by atoms with Crippen LogP contribution in [0, 0.1) is 0 Å². The molecule has 1 aromatic heterocycles. The number of nitrogens with two attached hydrogens (primary N) is 1. The van der Waals surface area contributed by atoms with E-state index in [-0.39, 0.29) is 11.9 Å². The molecule has 100 valence electrons. The lowest BCUT2D eigenvalue weighted by atomic mass is 10.1. The molecule has 1 aliphatic rings. The van der Waals surface area contributed by atoms with Crippen LogP contribution in [0.5, 0.6) is 0 Å². The minimum atomic E-state index is -0.332. The maximum atomic E-state index is 12.1. The first-order chi connectivity index (χ1) is 8.72. The van der Waals surface area contributed by atoms with Crippen molar-refractivity contribution < 1.29 is 4.79 Å². The Kier molecular flexibility index (Phi) is 4.54. The van der Waals surface area contributed by atoms with Crippen molar-refractivity contribution in [2.75, 3.05) is 31.1 Å². The number of thiazole rings is 1. The molecule has 0 saturated carbocycles. The molecule has 2 heterocycles. The number of piperazine rings is 1. The molecule has 0 aromatic carbocycles. The number of anilines is 1. The Hall–Kier alpha value is -1.14. The molecule has 1 aromatic rings. The van der Waals surface area contributed by atoms with Gasteiger partial charge in [-0.25, -0.2) is 4.98 Å². The third kappa shape index (κ3) is 3.00. The van der Waals surface area contributed by atoms with Gasteiger partial charge in [0.2, 0.25) is 5.91 Å². The number of hydrogen-bond acceptors (Lipinski definition) is 5. The van der Waals surface area contributed by atoms with E-state index >= 15 is 0 Å². The molecule has 6 heteroatoms. The zero-order chi connectivity index (χ0) is 13.0. The molecule has 1 unspecified atom stereocenters. The summed E-state index contributed by atoms with van der Waals surface area (Å²) in [5, 5.41) is 3.02. The van der Waals surface area contributed by atoms with Crippen molar-refractivity contribution in [1.82, 2.24) is 9.88 Å². The highest BCUT2D eigenvalue weighted by Crippen LogP contribution is 2.19. The van der Waals surface area contributed by atoms with Crippen LogP contribution < -0.4 is 10.6 Å². The van der Waals surface area contributed by atoms with E-state index in [4.69, 9.17) is 5.73 Å². The first-order valence-electron chi connectivity index (χ1n) is 6.41. The lowest BCUT2D eigenvalue weighted by Gasteiger charge is -2.35. The predicted octanol–water partition coefficient (Wildman–Crippen LogP) is 0.919. The van der Waals surface area contributed by atoms with Gasteiger partial charge in [-0.15, -0.1) is 11.3 Å². The number of carbonyl (C=O) groups is 1. The highest BCUT2D eigenvalue weighted by molar-refractivity contribution is 7.13. The molecule has 1 amide bonds. The molecule has 0 aliphatic carbocycles. The third-order valence-electron chi connectivity index (χ3n) is 3.20. The molecule has 18 heavy (non-hydrogen) atoms. The third-order valence-corrected chi connectivity index (χ3v) is 4.03. The lowest BCUT2D eigenvalue weighted by Crippen LogP contribution is -2.53. The zero-order valence-electron chi connectivity index (χ0n) is 10.7. The van der Waals surface area contributed by atoms with E-state index in [1.165, 1.54) is 0 Å². The SMILES string of the molecule is CCCC(N)C(=O)N1CCN(c2nccs2)CC1. The van der Waals surface area contributed by atoms with Gasteiger partial charge in [-0.05, 0) is 6.42 Å². The van der Waals surface area contributed by atoms with Crippen molar-refractivity contribution in [3.05, 3.63) is 11.6 Å². The summed E-state index contributed by atoms with van der Waals surface area (Å²) in [5.74, 6) is 0.0932. The van der Waals surface area contributed by atoms with Crippen LogP contribution in [-0.4, -0.2) is 48.0 Å². The van der Waals surface area contributed by atoms with Gasteiger partial charge < -0.3 is 15.5 Å². The van der Waals surface area contributed by atoms with E-state index in [2.05, 4.69) is 9.88 Å². The molecule has 1 fully saturated rings. The van der Waals surface area contributed by atoms with Gasteiger partial charge in [-0.3, -0.25) is 4.79 Å². The van der Waals surface area contributed by atoms with Crippen LogP contribution >= 0.6 is 11.3 Å². The van der Waals surface area contributed by atoms with Gasteiger partial charge >= 0.3 is 0 Å². The summed E-state index contributed by atoms with van der Waals surface area (Å²) in [4.78, 5) is 20.4. The smallest absolute Gasteiger partial charge is 0.239 e. The van der Waals surface area contributed by atoms with Crippen LogP contribution in [0.4, 0.5) is 5.13 Å².